The van der Waals surface area contributed by atoms with Crippen LogP contribution in [-0.4, -0.2) is 17.1 Å². The van der Waals surface area contributed by atoms with Gasteiger partial charge in [-0.3, -0.25) is 0 Å². The lowest BCUT2D eigenvalue weighted by Crippen LogP contribution is -2.06. The van der Waals surface area contributed by atoms with E-state index in [9.17, 15) is 0 Å². The lowest BCUT2D eigenvalue weighted by molar-refractivity contribution is 0.416. The Kier molecular flexibility index (Phi) is 5.14. The predicted molar refractivity (Wildman–Crippen MR) is 107 cm³/mol. The van der Waals surface area contributed by atoms with Crippen molar-refractivity contribution in [3.63, 3.8) is 0 Å². The first-order valence-corrected chi connectivity index (χ1v) is 8.41. The highest BCUT2D eigenvalue weighted by molar-refractivity contribution is 6.30. The van der Waals surface area contributed by atoms with Crippen LogP contribution in [0.4, 0.5) is 28.7 Å². The maximum Gasteiger partial charge on any atom is 0.159 e. The Morgan fingerprint density at radius 2 is 1.65 bits per heavy atom. The fourth-order valence-electron chi connectivity index (χ4n) is 2.50. The van der Waals surface area contributed by atoms with E-state index >= 15 is 0 Å². The second-order valence-corrected chi connectivity index (χ2v) is 6.33. The molecule has 0 atom stereocenters. The molecular weight excluding hydrogens is 350 g/mol. The van der Waals surface area contributed by atoms with Gasteiger partial charge < -0.3 is 21.1 Å². The van der Waals surface area contributed by atoms with Gasteiger partial charge in [0.25, 0.3) is 0 Å². The van der Waals surface area contributed by atoms with Gasteiger partial charge in [0.2, 0.25) is 0 Å². The van der Waals surface area contributed by atoms with Crippen molar-refractivity contribution in [3.05, 3.63) is 58.9 Å². The molecule has 0 aliphatic rings. The molecule has 4 N–H and O–H groups in total. The molecule has 2 aromatic carbocycles. The largest absolute Gasteiger partial charge is 0.495 e. The lowest BCUT2D eigenvalue weighted by atomic mass is 10.2. The fraction of sp³-hybridized carbons (Fsp3) is 0.158. The molecule has 0 saturated carbocycles. The van der Waals surface area contributed by atoms with Crippen LogP contribution in [0.5, 0.6) is 5.75 Å². The first-order chi connectivity index (χ1) is 12.5. The average Bonchev–Trinajstić information content (AvgIpc) is 2.62. The Morgan fingerprint density at radius 1 is 0.962 bits per heavy atom. The molecular formula is C19H20ClN5O. The number of aromatic nitrogens is 2. The van der Waals surface area contributed by atoms with Crippen molar-refractivity contribution >= 4 is 40.3 Å². The second-order valence-electron chi connectivity index (χ2n) is 5.90. The molecule has 0 amide bonds. The number of nitrogens with two attached hydrogens (primary N) is 1. The van der Waals surface area contributed by atoms with E-state index in [4.69, 9.17) is 22.1 Å². The van der Waals surface area contributed by atoms with Gasteiger partial charge >= 0.3 is 0 Å². The van der Waals surface area contributed by atoms with Gasteiger partial charge in [0, 0.05) is 10.7 Å². The van der Waals surface area contributed by atoms with Gasteiger partial charge in [-0.25, -0.2) is 9.97 Å². The van der Waals surface area contributed by atoms with Crippen LogP contribution in [0, 0.1) is 13.8 Å². The summed E-state index contributed by atoms with van der Waals surface area (Å²) >= 11 is 6.08. The third-order valence-corrected chi connectivity index (χ3v) is 4.18. The molecule has 7 heteroatoms. The van der Waals surface area contributed by atoms with E-state index < -0.39 is 0 Å². The van der Waals surface area contributed by atoms with Crippen LogP contribution in [0.15, 0.2) is 42.7 Å². The summed E-state index contributed by atoms with van der Waals surface area (Å²) in [6.45, 7) is 3.98. The van der Waals surface area contributed by atoms with Crippen LogP contribution in [-0.2, 0) is 0 Å². The molecule has 26 heavy (non-hydrogen) atoms. The third-order valence-electron chi connectivity index (χ3n) is 3.94. The quantitative estimate of drug-likeness (QED) is 0.597. The number of ether oxygens (including phenoxy) is 1. The number of hydrogen-bond acceptors (Lipinski definition) is 6. The SMILES string of the molecule is COc1ccc(C)cc1Nc1ncnc(Nc2cc(Cl)ccc2C)c1N. The summed E-state index contributed by atoms with van der Waals surface area (Å²) in [6, 6.07) is 11.4. The smallest absolute Gasteiger partial charge is 0.159 e. The first-order valence-electron chi connectivity index (χ1n) is 8.03. The summed E-state index contributed by atoms with van der Waals surface area (Å²) < 4.78 is 5.39. The number of hydrogen-bond donors (Lipinski definition) is 3. The highest BCUT2D eigenvalue weighted by atomic mass is 35.5. The summed E-state index contributed by atoms with van der Waals surface area (Å²) in [5.41, 5.74) is 10.4. The number of nitrogen functional groups attached to an aromatic ring is 1. The maximum atomic E-state index is 6.27. The van der Waals surface area contributed by atoms with Gasteiger partial charge in [0.05, 0.1) is 12.8 Å². The number of rotatable bonds is 5. The van der Waals surface area contributed by atoms with E-state index in [1.807, 2.05) is 50.2 Å². The van der Waals surface area contributed by atoms with E-state index in [-0.39, 0.29) is 0 Å². The van der Waals surface area contributed by atoms with Crippen LogP contribution in [0.25, 0.3) is 0 Å². The molecule has 6 nitrogen and oxygen atoms in total. The molecule has 0 bridgehead atoms. The Balaban J connectivity index is 1.93. The van der Waals surface area contributed by atoms with Gasteiger partial charge in [-0.2, -0.15) is 0 Å². The Morgan fingerprint density at radius 3 is 2.35 bits per heavy atom. The minimum atomic E-state index is 0.399. The molecule has 0 aliphatic carbocycles. The minimum Gasteiger partial charge on any atom is -0.495 e. The fourth-order valence-corrected chi connectivity index (χ4v) is 2.67. The van der Waals surface area contributed by atoms with Crippen LogP contribution in [0.1, 0.15) is 11.1 Å². The molecule has 3 rings (SSSR count). The zero-order valence-corrected chi connectivity index (χ0v) is 15.6. The molecule has 0 fully saturated rings. The molecule has 0 radical (unpaired) electrons. The molecule has 1 heterocycles. The minimum absolute atomic E-state index is 0.399. The number of anilines is 5. The average molecular weight is 370 g/mol. The number of nitrogens with one attached hydrogen (secondary N) is 2. The van der Waals surface area contributed by atoms with Crippen molar-refractivity contribution in [2.75, 3.05) is 23.5 Å². The van der Waals surface area contributed by atoms with Gasteiger partial charge in [0.1, 0.15) is 17.8 Å². The summed E-state index contributed by atoms with van der Waals surface area (Å²) in [7, 11) is 1.62. The Labute approximate surface area is 157 Å². The number of halogens is 1. The van der Waals surface area contributed by atoms with Gasteiger partial charge in [0.15, 0.2) is 11.6 Å². The molecule has 1 aromatic heterocycles. The topological polar surface area (TPSA) is 85.1 Å². The highest BCUT2D eigenvalue weighted by Gasteiger charge is 2.12. The first kappa shape index (κ1) is 17.8. The van der Waals surface area contributed by atoms with E-state index in [0.717, 1.165) is 22.5 Å². The zero-order chi connectivity index (χ0) is 18.7. The van der Waals surface area contributed by atoms with Crippen molar-refractivity contribution in [1.82, 2.24) is 9.97 Å². The van der Waals surface area contributed by atoms with Crippen molar-refractivity contribution in [1.29, 1.82) is 0 Å². The summed E-state index contributed by atoms with van der Waals surface area (Å²) in [5, 5.41) is 7.07. The third kappa shape index (κ3) is 3.81. The number of methoxy groups -OCH3 is 1. The van der Waals surface area contributed by atoms with Crippen molar-refractivity contribution in [2.45, 2.75) is 13.8 Å². The van der Waals surface area contributed by atoms with Crippen molar-refractivity contribution in [3.8, 4) is 5.75 Å². The summed E-state index contributed by atoms with van der Waals surface area (Å²) in [6.07, 6.45) is 1.45. The van der Waals surface area contributed by atoms with Crippen molar-refractivity contribution < 1.29 is 4.74 Å². The molecule has 0 spiro atoms. The van der Waals surface area contributed by atoms with E-state index in [2.05, 4.69) is 20.6 Å². The highest BCUT2D eigenvalue weighted by Crippen LogP contribution is 2.33. The van der Waals surface area contributed by atoms with Gasteiger partial charge in [-0.05, 0) is 49.2 Å². The number of aryl methyl sites for hydroxylation is 2. The van der Waals surface area contributed by atoms with E-state index in [1.54, 1.807) is 7.11 Å². The molecule has 134 valence electrons. The molecule has 0 saturated heterocycles. The Hall–Kier alpha value is -2.99. The number of benzene rings is 2. The molecule has 0 aliphatic heterocycles. The van der Waals surface area contributed by atoms with E-state index in [0.29, 0.717) is 28.1 Å². The maximum absolute atomic E-state index is 6.27. The predicted octanol–water partition coefficient (Wildman–Crippen LogP) is 4.82. The van der Waals surface area contributed by atoms with Gasteiger partial charge in [-0.1, -0.05) is 23.7 Å². The molecule has 0 unspecified atom stereocenters. The van der Waals surface area contributed by atoms with Crippen LogP contribution in [0.3, 0.4) is 0 Å². The zero-order valence-electron chi connectivity index (χ0n) is 14.8. The van der Waals surface area contributed by atoms with Crippen LogP contribution >= 0.6 is 11.6 Å². The molecule has 3 aromatic rings. The summed E-state index contributed by atoms with van der Waals surface area (Å²) in [4.78, 5) is 8.50. The van der Waals surface area contributed by atoms with Crippen LogP contribution in [0.2, 0.25) is 5.02 Å². The van der Waals surface area contributed by atoms with Gasteiger partial charge in [-0.15, -0.1) is 0 Å². The van der Waals surface area contributed by atoms with Crippen LogP contribution < -0.4 is 21.1 Å². The second kappa shape index (κ2) is 7.49. The lowest BCUT2D eigenvalue weighted by Gasteiger charge is -2.15. The Bertz CT molecular complexity index is 945. The monoisotopic (exact) mass is 369 g/mol. The van der Waals surface area contributed by atoms with Crippen molar-refractivity contribution in [2.24, 2.45) is 0 Å². The summed E-state index contributed by atoms with van der Waals surface area (Å²) in [5.74, 6) is 1.69. The number of nitrogens with zero attached hydrogens (tertiary/aromatic N) is 2. The van der Waals surface area contributed by atoms with E-state index in [1.165, 1.54) is 6.33 Å². The standard InChI is InChI=1S/C19H20ClN5O/c1-11-4-7-16(26-3)15(8-11)25-19-17(21)18(22-10-23-19)24-14-9-13(20)6-5-12(14)2/h4-10H,21H2,1-3H3,(H2,22,23,24,25). The normalized spacial score (nSPS) is 10.5.